The summed E-state index contributed by atoms with van der Waals surface area (Å²) in [6.07, 6.45) is 0.575. The minimum atomic E-state index is -0.838. The largest absolute Gasteiger partial charge is 0.493 e. The van der Waals surface area contributed by atoms with Crippen molar-refractivity contribution in [3.8, 4) is 11.5 Å². The van der Waals surface area contributed by atoms with Gasteiger partial charge in [-0.3, -0.25) is 4.79 Å². The molecule has 2 aromatic rings. The number of carbonyl (C=O) groups is 1. The number of methoxy groups -OCH3 is 1. The second-order valence-electron chi connectivity index (χ2n) is 6.98. The van der Waals surface area contributed by atoms with E-state index in [0.717, 1.165) is 22.6 Å². The highest BCUT2D eigenvalue weighted by molar-refractivity contribution is 5.73. The van der Waals surface area contributed by atoms with Crippen LogP contribution in [0, 0.1) is 19.8 Å². The average Bonchev–Trinajstić information content (AvgIpc) is 2.94. The zero-order chi connectivity index (χ0) is 20.0. The first-order chi connectivity index (χ1) is 12.8. The maximum atomic E-state index is 11.4. The topological polar surface area (TPSA) is 93.8 Å². The van der Waals surface area contributed by atoms with Crippen LogP contribution in [0.2, 0.25) is 0 Å². The number of rotatable bonds is 10. The number of hydrogen-bond donors (Lipinski definition) is 2. The third-order valence-corrected chi connectivity index (χ3v) is 4.34. The Balaban J connectivity index is 2.03. The summed E-state index contributed by atoms with van der Waals surface area (Å²) in [4.78, 5) is 11.4. The number of hydrogen-bond acceptors (Lipinski definition) is 6. The molecule has 1 heterocycles. The lowest BCUT2D eigenvalue weighted by Gasteiger charge is -2.17. The van der Waals surface area contributed by atoms with Crippen LogP contribution >= 0.6 is 0 Å². The van der Waals surface area contributed by atoms with E-state index < -0.39 is 12.0 Å². The number of nitrogens with one attached hydrogen (secondary N) is 1. The molecule has 148 valence electrons. The number of aromatic nitrogens is 1. The van der Waals surface area contributed by atoms with Crippen LogP contribution in [0.5, 0.6) is 11.5 Å². The van der Waals surface area contributed by atoms with Crippen LogP contribution < -0.4 is 14.8 Å². The summed E-state index contributed by atoms with van der Waals surface area (Å²) in [5.74, 6) is 1.40. The quantitative estimate of drug-likeness (QED) is 0.656. The Morgan fingerprint density at radius 2 is 2.04 bits per heavy atom. The molecule has 0 amide bonds. The van der Waals surface area contributed by atoms with Crippen molar-refractivity contribution in [2.45, 2.75) is 53.3 Å². The van der Waals surface area contributed by atoms with Gasteiger partial charge in [-0.2, -0.15) is 0 Å². The van der Waals surface area contributed by atoms with E-state index in [4.69, 9.17) is 14.0 Å². The highest BCUT2D eigenvalue weighted by Gasteiger charge is 2.18. The molecule has 7 nitrogen and oxygen atoms in total. The van der Waals surface area contributed by atoms with Crippen LogP contribution in [0.15, 0.2) is 22.7 Å². The molecule has 0 aliphatic carbocycles. The lowest BCUT2D eigenvalue weighted by atomic mass is 10.0. The van der Waals surface area contributed by atoms with Crippen molar-refractivity contribution in [1.82, 2.24) is 10.5 Å². The highest BCUT2D eigenvalue weighted by atomic mass is 16.5. The first kappa shape index (κ1) is 20.8. The molecule has 27 heavy (non-hydrogen) atoms. The summed E-state index contributed by atoms with van der Waals surface area (Å²) < 4.78 is 16.4. The third kappa shape index (κ3) is 5.72. The van der Waals surface area contributed by atoms with Crippen molar-refractivity contribution in [1.29, 1.82) is 0 Å². The number of benzene rings is 1. The maximum Gasteiger partial charge on any atom is 0.320 e. The van der Waals surface area contributed by atoms with Gasteiger partial charge in [0.15, 0.2) is 11.5 Å². The molecular formula is C20H28N2O5. The van der Waals surface area contributed by atoms with Gasteiger partial charge >= 0.3 is 5.97 Å². The van der Waals surface area contributed by atoms with Gasteiger partial charge in [0.1, 0.15) is 18.4 Å². The Morgan fingerprint density at radius 1 is 1.30 bits per heavy atom. The second kappa shape index (κ2) is 9.41. The van der Waals surface area contributed by atoms with E-state index in [2.05, 4.69) is 10.5 Å². The van der Waals surface area contributed by atoms with Gasteiger partial charge in [0.25, 0.3) is 0 Å². The van der Waals surface area contributed by atoms with E-state index in [1.165, 1.54) is 0 Å². The molecule has 0 saturated heterocycles. The fourth-order valence-electron chi connectivity index (χ4n) is 2.78. The van der Waals surface area contributed by atoms with Crippen LogP contribution in [0.25, 0.3) is 0 Å². The molecule has 0 saturated carbocycles. The van der Waals surface area contributed by atoms with Gasteiger partial charge in [-0.1, -0.05) is 25.1 Å². The Labute approximate surface area is 159 Å². The predicted octanol–water partition coefficient (Wildman–Crippen LogP) is 3.47. The van der Waals surface area contributed by atoms with Crippen molar-refractivity contribution in [2.75, 3.05) is 7.11 Å². The van der Waals surface area contributed by atoms with Crippen LogP contribution in [-0.2, 0) is 17.9 Å². The van der Waals surface area contributed by atoms with Gasteiger partial charge in [-0.15, -0.1) is 0 Å². The van der Waals surface area contributed by atoms with E-state index in [-0.39, 0.29) is 0 Å². The fourth-order valence-corrected chi connectivity index (χ4v) is 2.78. The van der Waals surface area contributed by atoms with E-state index in [1.54, 1.807) is 7.11 Å². The monoisotopic (exact) mass is 376 g/mol. The summed E-state index contributed by atoms with van der Waals surface area (Å²) in [5.41, 5.74) is 2.64. The molecule has 1 aromatic carbocycles. The van der Waals surface area contributed by atoms with Crippen LogP contribution in [0.4, 0.5) is 0 Å². The molecule has 7 heteroatoms. The van der Waals surface area contributed by atoms with Gasteiger partial charge < -0.3 is 24.4 Å². The highest BCUT2D eigenvalue weighted by Crippen LogP contribution is 2.29. The third-order valence-electron chi connectivity index (χ3n) is 4.34. The SMILES string of the molecule is COc1cc(CN[C@@H](CC(C)C)C(=O)O)ccc1OCc1c(C)noc1C. The van der Waals surface area contributed by atoms with Gasteiger partial charge in [0.2, 0.25) is 0 Å². The molecule has 0 aliphatic rings. The number of aryl methyl sites for hydroxylation is 2. The lowest BCUT2D eigenvalue weighted by Crippen LogP contribution is -2.37. The standard InChI is InChI=1S/C20H28N2O5/c1-12(2)8-17(20(23)24)21-10-15-6-7-18(19(9-15)25-5)26-11-16-13(3)22-27-14(16)4/h6-7,9,12,17,21H,8,10-11H2,1-5H3,(H,23,24)/t17-/m0/s1. The van der Waals surface area contributed by atoms with Crippen molar-refractivity contribution < 1.29 is 23.9 Å². The molecular weight excluding hydrogens is 348 g/mol. The summed E-state index contributed by atoms with van der Waals surface area (Å²) >= 11 is 0. The minimum absolute atomic E-state index is 0.299. The molecule has 0 unspecified atom stereocenters. The van der Waals surface area contributed by atoms with E-state index in [1.807, 2.05) is 45.9 Å². The fraction of sp³-hybridized carbons (Fsp3) is 0.500. The molecule has 0 fully saturated rings. The van der Waals surface area contributed by atoms with Crippen molar-refractivity contribution in [3.63, 3.8) is 0 Å². The van der Waals surface area contributed by atoms with Crippen molar-refractivity contribution in [3.05, 3.63) is 40.8 Å². The van der Waals surface area contributed by atoms with Crippen LogP contribution in [0.3, 0.4) is 0 Å². The van der Waals surface area contributed by atoms with E-state index in [9.17, 15) is 9.90 Å². The Kier molecular flexibility index (Phi) is 7.24. The summed E-state index contributed by atoms with van der Waals surface area (Å²) in [6, 6.07) is 4.99. The lowest BCUT2D eigenvalue weighted by molar-refractivity contribution is -0.140. The zero-order valence-corrected chi connectivity index (χ0v) is 16.5. The number of aliphatic carboxylic acids is 1. The normalized spacial score (nSPS) is 12.2. The van der Waals surface area contributed by atoms with Crippen molar-refractivity contribution in [2.24, 2.45) is 5.92 Å². The van der Waals surface area contributed by atoms with E-state index in [0.29, 0.717) is 37.0 Å². The van der Waals surface area contributed by atoms with Crippen molar-refractivity contribution >= 4 is 5.97 Å². The molecule has 2 N–H and O–H groups in total. The number of nitrogens with zero attached hydrogens (tertiary/aromatic N) is 1. The molecule has 0 aliphatic heterocycles. The van der Waals surface area contributed by atoms with E-state index >= 15 is 0 Å². The Hall–Kier alpha value is -2.54. The zero-order valence-electron chi connectivity index (χ0n) is 16.5. The molecule has 0 bridgehead atoms. The van der Waals surface area contributed by atoms with Gasteiger partial charge in [0, 0.05) is 6.54 Å². The molecule has 0 spiro atoms. The molecule has 0 radical (unpaired) electrons. The number of ether oxygens (including phenoxy) is 2. The maximum absolute atomic E-state index is 11.4. The second-order valence-corrected chi connectivity index (χ2v) is 6.98. The van der Waals surface area contributed by atoms with Gasteiger partial charge in [-0.25, -0.2) is 0 Å². The molecule has 1 aromatic heterocycles. The Morgan fingerprint density at radius 3 is 2.59 bits per heavy atom. The summed E-state index contributed by atoms with van der Waals surface area (Å²) in [5, 5.41) is 16.3. The van der Waals surface area contributed by atoms with Gasteiger partial charge in [0.05, 0.1) is 18.4 Å². The van der Waals surface area contributed by atoms with Crippen LogP contribution in [0.1, 0.15) is 42.8 Å². The molecule has 1 atom stereocenters. The van der Waals surface area contributed by atoms with Crippen LogP contribution in [-0.4, -0.2) is 29.4 Å². The summed E-state index contributed by atoms with van der Waals surface area (Å²) in [6.45, 7) is 8.50. The summed E-state index contributed by atoms with van der Waals surface area (Å²) in [7, 11) is 1.58. The van der Waals surface area contributed by atoms with Gasteiger partial charge in [-0.05, 0) is 43.9 Å². The minimum Gasteiger partial charge on any atom is -0.493 e. The molecule has 2 rings (SSSR count). The average molecular weight is 376 g/mol. The number of carboxylic acid groups (broad SMARTS) is 1. The number of carboxylic acids is 1. The smallest absolute Gasteiger partial charge is 0.320 e. The Bertz CT molecular complexity index is 750. The first-order valence-corrected chi connectivity index (χ1v) is 8.99. The first-order valence-electron chi connectivity index (χ1n) is 8.99. The predicted molar refractivity (Wildman–Crippen MR) is 101 cm³/mol.